The molecule has 27 heavy (non-hydrogen) atoms. The van der Waals surface area contributed by atoms with Gasteiger partial charge in [-0.25, -0.2) is 9.59 Å². The molecule has 0 spiro atoms. The smallest absolute Gasteiger partial charge is 0.416 e. The van der Waals surface area contributed by atoms with Crippen LogP contribution in [0, 0.1) is 0 Å². The second-order valence-corrected chi connectivity index (χ2v) is 6.81. The van der Waals surface area contributed by atoms with Crippen LogP contribution in [-0.4, -0.2) is 30.8 Å². The Morgan fingerprint density at radius 2 is 1.70 bits per heavy atom. The Morgan fingerprint density at radius 1 is 1.11 bits per heavy atom. The van der Waals surface area contributed by atoms with E-state index < -0.39 is 35.0 Å². The predicted octanol–water partition coefficient (Wildman–Crippen LogP) is 3.44. The number of cyclic esters (lactones) is 2. The summed E-state index contributed by atoms with van der Waals surface area (Å²) in [6.07, 6.45) is -1.61. The summed E-state index contributed by atoms with van der Waals surface area (Å²) in [4.78, 5) is 25.9. The number of ether oxygens (including phenoxy) is 2. The molecule has 1 aromatic carbocycles. The van der Waals surface area contributed by atoms with E-state index in [1.807, 2.05) is 4.90 Å². The Morgan fingerprint density at radius 3 is 2.26 bits per heavy atom. The molecule has 3 rings (SSSR count). The lowest BCUT2D eigenvalue weighted by Gasteiger charge is -2.29. The van der Waals surface area contributed by atoms with Crippen molar-refractivity contribution in [2.24, 2.45) is 0 Å². The predicted molar refractivity (Wildman–Crippen MR) is 90.9 cm³/mol. The van der Waals surface area contributed by atoms with Crippen molar-refractivity contribution >= 4 is 23.3 Å². The maximum atomic E-state index is 13.1. The topological polar surface area (TPSA) is 67.9 Å². The van der Waals surface area contributed by atoms with Crippen molar-refractivity contribution in [3.05, 3.63) is 35.5 Å². The monoisotopic (exact) mass is 384 g/mol. The molecule has 0 amide bonds. The highest BCUT2D eigenvalue weighted by Crippen LogP contribution is 2.36. The lowest BCUT2D eigenvalue weighted by atomic mass is 10.1. The van der Waals surface area contributed by atoms with Crippen molar-refractivity contribution in [1.29, 1.82) is 0 Å². The van der Waals surface area contributed by atoms with E-state index >= 15 is 0 Å². The Hall–Kier alpha value is -2.71. The Balaban J connectivity index is 1.92. The van der Waals surface area contributed by atoms with Gasteiger partial charge in [-0.15, -0.1) is 0 Å². The van der Waals surface area contributed by atoms with E-state index in [0.717, 1.165) is 44.3 Å². The van der Waals surface area contributed by atoms with Gasteiger partial charge in [0.1, 0.15) is 0 Å². The van der Waals surface area contributed by atoms with E-state index in [0.29, 0.717) is 5.69 Å². The third-order valence-corrected chi connectivity index (χ3v) is 4.26. The van der Waals surface area contributed by atoms with Crippen molar-refractivity contribution in [3.63, 3.8) is 0 Å². The van der Waals surface area contributed by atoms with Crippen LogP contribution in [0.4, 0.5) is 24.5 Å². The van der Waals surface area contributed by atoms with Gasteiger partial charge in [0, 0.05) is 33.1 Å². The summed E-state index contributed by atoms with van der Waals surface area (Å²) in [5.41, 5.74) is -0.541. The summed E-state index contributed by atoms with van der Waals surface area (Å²) in [5.74, 6) is -3.19. The van der Waals surface area contributed by atoms with Crippen LogP contribution in [0.15, 0.2) is 30.0 Å². The number of anilines is 2. The molecule has 2 aliphatic heterocycles. The molecule has 2 heterocycles. The first kappa shape index (κ1) is 19.1. The van der Waals surface area contributed by atoms with Gasteiger partial charge in [-0.1, -0.05) is 0 Å². The number of hydrogen-bond acceptors (Lipinski definition) is 6. The van der Waals surface area contributed by atoms with Gasteiger partial charge >= 0.3 is 18.1 Å². The normalized spacial score (nSPS) is 19.6. The Labute approximate surface area is 153 Å². The first-order valence-corrected chi connectivity index (χ1v) is 8.46. The third-order valence-electron chi connectivity index (χ3n) is 4.26. The maximum absolute atomic E-state index is 13.1. The number of nitrogens with one attached hydrogen (secondary N) is 1. The number of alkyl halides is 3. The van der Waals surface area contributed by atoms with Gasteiger partial charge in [0.2, 0.25) is 0 Å². The largest absolute Gasteiger partial charge is 0.419 e. The molecule has 9 heteroatoms. The fourth-order valence-electron chi connectivity index (χ4n) is 2.99. The molecule has 0 saturated carbocycles. The second kappa shape index (κ2) is 6.79. The average Bonchev–Trinajstić information content (AvgIpc) is 3.06. The fourth-order valence-corrected chi connectivity index (χ4v) is 2.99. The van der Waals surface area contributed by atoms with Crippen LogP contribution in [0.2, 0.25) is 0 Å². The van der Waals surface area contributed by atoms with Crippen LogP contribution in [0.5, 0.6) is 0 Å². The number of nitrogens with zero attached hydrogens (tertiary/aromatic N) is 1. The number of rotatable bonds is 3. The van der Waals surface area contributed by atoms with Crippen LogP contribution < -0.4 is 10.2 Å². The zero-order chi connectivity index (χ0) is 19.8. The molecular formula is C18H19F3N2O4. The van der Waals surface area contributed by atoms with E-state index in [2.05, 4.69) is 5.32 Å². The number of esters is 2. The molecule has 1 aromatic rings. The highest BCUT2D eigenvalue weighted by molar-refractivity contribution is 6.15. The minimum Gasteiger partial charge on any atom is -0.419 e. The fraction of sp³-hybridized carbons (Fsp3) is 0.444. The molecule has 0 bridgehead atoms. The van der Waals surface area contributed by atoms with E-state index in [-0.39, 0.29) is 5.69 Å². The van der Waals surface area contributed by atoms with Gasteiger partial charge < -0.3 is 19.7 Å². The minimum atomic E-state index is -4.51. The van der Waals surface area contributed by atoms with Crippen molar-refractivity contribution < 1.29 is 32.2 Å². The van der Waals surface area contributed by atoms with Crippen molar-refractivity contribution in [3.8, 4) is 0 Å². The van der Waals surface area contributed by atoms with Gasteiger partial charge in [-0.3, -0.25) is 0 Å². The lowest BCUT2D eigenvalue weighted by Crippen LogP contribution is -2.42. The molecule has 0 atom stereocenters. The van der Waals surface area contributed by atoms with Crippen LogP contribution in [-0.2, 0) is 25.2 Å². The molecule has 146 valence electrons. The molecule has 2 saturated heterocycles. The quantitative estimate of drug-likeness (QED) is 0.489. The molecule has 2 aliphatic rings. The third kappa shape index (κ3) is 4.17. The zero-order valence-corrected chi connectivity index (χ0v) is 14.9. The van der Waals surface area contributed by atoms with E-state index in [1.54, 1.807) is 0 Å². The first-order valence-electron chi connectivity index (χ1n) is 8.46. The average molecular weight is 384 g/mol. The summed E-state index contributed by atoms with van der Waals surface area (Å²) in [6.45, 7) is 4.25. The summed E-state index contributed by atoms with van der Waals surface area (Å²) in [6, 6.07) is 3.35. The van der Waals surface area contributed by atoms with Crippen LogP contribution >= 0.6 is 0 Å². The molecule has 0 aromatic heterocycles. The number of benzene rings is 1. The number of halogens is 3. The second-order valence-electron chi connectivity index (χ2n) is 6.81. The number of hydrogen-bond donors (Lipinski definition) is 1. The Bertz CT molecular complexity index is 774. The van der Waals surface area contributed by atoms with Crippen molar-refractivity contribution in [2.75, 3.05) is 23.3 Å². The lowest BCUT2D eigenvalue weighted by molar-refractivity contribution is -0.222. The van der Waals surface area contributed by atoms with Gasteiger partial charge in [0.25, 0.3) is 5.79 Å². The van der Waals surface area contributed by atoms with Gasteiger partial charge in [0.15, 0.2) is 5.57 Å². The minimum absolute atomic E-state index is 0.143. The summed E-state index contributed by atoms with van der Waals surface area (Å²) >= 11 is 0. The zero-order valence-electron chi connectivity index (χ0n) is 14.9. The molecule has 1 N–H and O–H groups in total. The number of carbonyl (C=O) groups is 2. The van der Waals surface area contributed by atoms with E-state index in [1.165, 1.54) is 19.9 Å². The van der Waals surface area contributed by atoms with Gasteiger partial charge in [-0.2, -0.15) is 13.2 Å². The maximum Gasteiger partial charge on any atom is 0.416 e. The van der Waals surface area contributed by atoms with E-state index in [4.69, 9.17) is 9.47 Å². The van der Waals surface area contributed by atoms with Crippen LogP contribution in [0.1, 0.15) is 32.3 Å². The van der Waals surface area contributed by atoms with Crippen molar-refractivity contribution in [1.82, 2.24) is 0 Å². The van der Waals surface area contributed by atoms with Crippen LogP contribution in [0.3, 0.4) is 0 Å². The van der Waals surface area contributed by atoms with Gasteiger partial charge in [0.05, 0.1) is 16.9 Å². The highest BCUT2D eigenvalue weighted by Gasteiger charge is 2.39. The molecule has 6 nitrogen and oxygen atoms in total. The standard InChI is InChI=1S/C18H19F3N2O4/c1-17(2)26-15(24)12(16(25)27-17)10-22-13-9-11(18(19,20)21)5-6-14(13)23-7-3-4-8-23/h5-6,9-10,22H,3-4,7-8H2,1-2H3. The highest BCUT2D eigenvalue weighted by atomic mass is 19.4. The number of carbonyl (C=O) groups excluding carboxylic acids is 2. The SMILES string of the molecule is CC1(C)OC(=O)C(=CNc2cc(C(F)(F)F)ccc2N2CCCC2)C(=O)O1. The van der Waals surface area contributed by atoms with Crippen LogP contribution in [0.25, 0.3) is 0 Å². The summed E-state index contributed by atoms with van der Waals surface area (Å²) < 4.78 is 49.2. The van der Waals surface area contributed by atoms with Gasteiger partial charge in [-0.05, 0) is 31.0 Å². The molecule has 0 aliphatic carbocycles. The summed E-state index contributed by atoms with van der Waals surface area (Å²) in [5, 5.41) is 2.66. The molecule has 0 unspecified atom stereocenters. The first-order chi connectivity index (χ1) is 12.6. The summed E-state index contributed by atoms with van der Waals surface area (Å²) in [7, 11) is 0. The molecule has 2 fully saturated rings. The molecular weight excluding hydrogens is 365 g/mol. The molecule has 0 radical (unpaired) electrons. The Kier molecular flexibility index (Phi) is 4.79. The van der Waals surface area contributed by atoms with E-state index in [9.17, 15) is 22.8 Å². The van der Waals surface area contributed by atoms with Crippen molar-refractivity contribution in [2.45, 2.75) is 38.7 Å².